The highest BCUT2D eigenvalue weighted by molar-refractivity contribution is 7.89. The van der Waals surface area contributed by atoms with Crippen LogP contribution in [0.25, 0.3) is 0 Å². The van der Waals surface area contributed by atoms with Gasteiger partial charge in [-0.2, -0.15) is 0 Å². The predicted molar refractivity (Wildman–Crippen MR) is 95.2 cm³/mol. The number of aliphatic carboxylic acids is 1. The van der Waals surface area contributed by atoms with Crippen LogP contribution in [0.1, 0.15) is 12.5 Å². The van der Waals surface area contributed by atoms with Gasteiger partial charge in [0.2, 0.25) is 15.9 Å². The van der Waals surface area contributed by atoms with Gasteiger partial charge >= 0.3 is 0 Å². The highest BCUT2D eigenvalue weighted by Gasteiger charge is 2.28. The lowest BCUT2D eigenvalue weighted by atomic mass is 10.2. The number of benzene rings is 1. The molecule has 0 radical (unpaired) electrons. The van der Waals surface area contributed by atoms with E-state index in [2.05, 4.69) is 15.4 Å². The Labute approximate surface area is 157 Å². The zero-order chi connectivity index (χ0) is 20.6. The van der Waals surface area contributed by atoms with E-state index in [0.717, 1.165) is 19.1 Å². The van der Waals surface area contributed by atoms with E-state index in [1.807, 2.05) is 0 Å². The van der Waals surface area contributed by atoms with Crippen LogP contribution in [0, 0.1) is 12.7 Å². The van der Waals surface area contributed by atoms with Crippen molar-refractivity contribution in [2.45, 2.75) is 30.9 Å². The molecule has 1 aliphatic heterocycles. The van der Waals surface area contributed by atoms with E-state index < -0.39 is 34.3 Å². The van der Waals surface area contributed by atoms with Gasteiger partial charge in [-0.05, 0) is 30.7 Å². The van der Waals surface area contributed by atoms with Crippen molar-refractivity contribution in [2.75, 3.05) is 26.7 Å². The number of carboxylic acid groups (broad SMARTS) is 1. The van der Waals surface area contributed by atoms with Gasteiger partial charge in [0.05, 0.1) is 23.6 Å². The molecule has 0 aromatic heterocycles. The van der Waals surface area contributed by atoms with Crippen molar-refractivity contribution in [2.24, 2.45) is 0 Å². The molecule has 0 aliphatic carbocycles. The molecule has 2 rings (SSSR count). The Bertz CT molecular complexity index is 767. The Morgan fingerprint density at radius 1 is 1.37 bits per heavy atom. The van der Waals surface area contributed by atoms with E-state index in [9.17, 15) is 17.6 Å². The largest absolute Gasteiger partial charge is 0.481 e. The molecule has 1 aliphatic rings. The molecule has 0 saturated carbocycles. The average molecular weight is 405 g/mol. The van der Waals surface area contributed by atoms with Crippen LogP contribution in [-0.2, 0) is 24.3 Å². The molecule has 0 unspecified atom stereocenters. The molecule has 152 valence electrons. The molecule has 11 heteroatoms. The van der Waals surface area contributed by atoms with Crippen LogP contribution < -0.4 is 15.4 Å². The van der Waals surface area contributed by atoms with Crippen LogP contribution >= 0.6 is 0 Å². The monoisotopic (exact) mass is 405 g/mol. The third-order valence-corrected chi connectivity index (χ3v) is 5.22. The molecule has 2 atom stereocenters. The minimum absolute atomic E-state index is 0.0519. The number of halogens is 1. The van der Waals surface area contributed by atoms with Gasteiger partial charge in [-0.25, -0.2) is 17.5 Å². The van der Waals surface area contributed by atoms with Crippen LogP contribution in [0.15, 0.2) is 23.1 Å². The van der Waals surface area contributed by atoms with E-state index in [1.165, 1.54) is 13.0 Å². The van der Waals surface area contributed by atoms with Gasteiger partial charge in [0.1, 0.15) is 5.82 Å². The summed E-state index contributed by atoms with van der Waals surface area (Å²) in [5, 5.41) is 13.2. The van der Waals surface area contributed by atoms with E-state index in [1.54, 1.807) is 7.11 Å². The number of amides is 1. The second-order valence-electron chi connectivity index (χ2n) is 5.86. The summed E-state index contributed by atoms with van der Waals surface area (Å²) < 4.78 is 44.8. The maximum absolute atomic E-state index is 13.1. The minimum atomic E-state index is -3.88. The summed E-state index contributed by atoms with van der Waals surface area (Å²) >= 11 is 0. The standard InChI is InChI=1S/C14H20FN3O4S.C2H4O2/c1-9-5-10(15)3-4-13(9)23(20,21)17-8-14(19)18-11-6-16-7-12(11)22-2;1-2(3)4/h3-5,11-12,16-17H,6-8H2,1-2H3,(H,18,19);1H3,(H,3,4)/t11-,12-;/m0./s1. The normalized spacial score (nSPS) is 19.1. The Kier molecular flexibility index (Phi) is 8.76. The predicted octanol–water partition coefficient (Wildman–Crippen LogP) is -0.394. The highest BCUT2D eigenvalue weighted by atomic mass is 32.2. The van der Waals surface area contributed by atoms with Crippen molar-refractivity contribution in [3.8, 4) is 0 Å². The molecule has 1 aromatic carbocycles. The van der Waals surface area contributed by atoms with Crippen LogP contribution in [0.5, 0.6) is 0 Å². The molecule has 9 nitrogen and oxygen atoms in total. The van der Waals surface area contributed by atoms with Crippen LogP contribution in [-0.4, -0.2) is 64.3 Å². The Balaban J connectivity index is 0.000000828. The van der Waals surface area contributed by atoms with Crippen molar-refractivity contribution in [3.05, 3.63) is 29.6 Å². The van der Waals surface area contributed by atoms with Gasteiger partial charge in [-0.3, -0.25) is 9.59 Å². The average Bonchev–Trinajstić information content (AvgIpc) is 2.99. The molecule has 1 saturated heterocycles. The van der Waals surface area contributed by atoms with Crippen molar-refractivity contribution in [1.82, 2.24) is 15.4 Å². The molecule has 0 bridgehead atoms. The van der Waals surface area contributed by atoms with Gasteiger partial charge in [0.25, 0.3) is 5.97 Å². The molecule has 1 amide bonds. The van der Waals surface area contributed by atoms with Crippen molar-refractivity contribution in [3.63, 3.8) is 0 Å². The van der Waals surface area contributed by atoms with Crippen molar-refractivity contribution in [1.29, 1.82) is 0 Å². The first-order valence-corrected chi connectivity index (χ1v) is 9.53. The topological polar surface area (TPSA) is 134 Å². The van der Waals surface area contributed by atoms with E-state index in [-0.39, 0.29) is 22.6 Å². The number of hydrogen-bond acceptors (Lipinski definition) is 6. The summed E-state index contributed by atoms with van der Waals surface area (Å²) in [6, 6.07) is 3.16. The fourth-order valence-corrected chi connectivity index (χ4v) is 3.66. The number of carboxylic acids is 1. The first-order chi connectivity index (χ1) is 12.6. The molecule has 27 heavy (non-hydrogen) atoms. The molecular formula is C16H24FN3O6S. The highest BCUT2D eigenvalue weighted by Crippen LogP contribution is 2.15. The Morgan fingerprint density at radius 3 is 2.56 bits per heavy atom. The minimum Gasteiger partial charge on any atom is -0.481 e. The number of nitrogens with one attached hydrogen (secondary N) is 3. The van der Waals surface area contributed by atoms with Gasteiger partial charge in [0.15, 0.2) is 0 Å². The van der Waals surface area contributed by atoms with Crippen molar-refractivity contribution < 1.29 is 32.2 Å². The van der Waals surface area contributed by atoms with Crippen LogP contribution in [0.4, 0.5) is 4.39 Å². The first-order valence-electron chi connectivity index (χ1n) is 8.05. The SMILES string of the molecule is CC(=O)O.CO[C@H]1CNC[C@@H]1NC(=O)CNS(=O)(=O)c1ccc(F)cc1C. The number of methoxy groups -OCH3 is 1. The number of carbonyl (C=O) groups is 2. The third-order valence-electron chi connectivity index (χ3n) is 3.66. The number of hydrogen-bond donors (Lipinski definition) is 4. The summed E-state index contributed by atoms with van der Waals surface area (Å²) in [6.45, 7) is 3.37. The number of ether oxygens (including phenoxy) is 1. The number of rotatable bonds is 6. The zero-order valence-corrected chi connectivity index (χ0v) is 16.1. The van der Waals surface area contributed by atoms with Gasteiger partial charge in [0, 0.05) is 27.1 Å². The maximum Gasteiger partial charge on any atom is 0.300 e. The van der Waals surface area contributed by atoms with Gasteiger partial charge < -0.3 is 20.5 Å². The Hall–Kier alpha value is -2.08. The molecular weight excluding hydrogens is 381 g/mol. The maximum atomic E-state index is 13.1. The van der Waals surface area contributed by atoms with E-state index in [4.69, 9.17) is 14.6 Å². The van der Waals surface area contributed by atoms with Crippen molar-refractivity contribution >= 4 is 21.9 Å². The summed E-state index contributed by atoms with van der Waals surface area (Å²) in [4.78, 5) is 20.8. The van der Waals surface area contributed by atoms with Crippen LogP contribution in [0.2, 0.25) is 0 Å². The molecule has 1 aromatic rings. The number of sulfonamides is 1. The lowest BCUT2D eigenvalue weighted by Gasteiger charge is -2.18. The Morgan fingerprint density at radius 2 is 2.00 bits per heavy atom. The molecule has 1 heterocycles. The molecule has 0 spiro atoms. The smallest absolute Gasteiger partial charge is 0.300 e. The summed E-state index contributed by atoms with van der Waals surface area (Å²) in [7, 11) is -2.33. The van der Waals surface area contributed by atoms with Gasteiger partial charge in [-0.15, -0.1) is 0 Å². The quantitative estimate of drug-likeness (QED) is 0.506. The first kappa shape index (κ1) is 23.0. The lowest BCUT2D eigenvalue weighted by Crippen LogP contribution is -2.47. The summed E-state index contributed by atoms with van der Waals surface area (Å²) in [5.74, 6) is -1.80. The fourth-order valence-electron chi connectivity index (χ4n) is 2.46. The second kappa shape index (κ2) is 10.3. The summed E-state index contributed by atoms with van der Waals surface area (Å²) in [6.07, 6.45) is -0.144. The summed E-state index contributed by atoms with van der Waals surface area (Å²) in [5.41, 5.74) is 0.275. The second-order valence-corrected chi connectivity index (χ2v) is 7.60. The number of carbonyl (C=O) groups excluding carboxylic acids is 1. The fraction of sp³-hybridized carbons (Fsp3) is 0.500. The number of aryl methyl sites for hydroxylation is 1. The van der Waals surface area contributed by atoms with Crippen LogP contribution in [0.3, 0.4) is 0 Å². The molecule has 1 fully saturated rings. The zero-order valence-electron chi connectivity index (χ0n) is 15.3. The van der Waals surface area contributed by atoms with E-state index >= 15 is 0 Å². The molecule has 4 N–H and O–H groups in total. The lowest BCUT2D eigenvalue weighted by molar-refractivity contribution is -0.134. The van der Waals surface area contributed by atoms with Gasteiger partial charge in [-0.1, -0.05) is 0 Å². The third kappa shape index (κ3) is 7.59. The van der Waals surface area contributed by atoms with E-state index in [0.29, 0.717) is 13.1 Å².